The van der Waals surface area contributed by atoms with E-state index in [1.807, 2.05) is 20.8 Å². The number of nitrogens with zero attached hydrogens (tertiary/aromatic N) is 2. The van der Waals surface area contributed by atoms with E-state index in [4.69, 9.17) is 28.3 Å². The highest BCUT2D eigenvalue weighted by Gasteiger charge is 2.61. The average Bonchev–Trinajstić information content (AvgIpc) is 3.14. The van der Waals surface area contributed by atoms with Gasteiger partial charge in [0, 0.05) is 24.7 Å². The Balaban J connectivity index is 2.19. The molecular formula is C26H31Cl2FN4O3. The van der Waals surface area contributed by atoms with Crippen LogP contribution in [0.3, 0.4) is 0 Å². The Hall–Kier alpha value is -2.28. The van der Waals surface area contributed by atoms with E-state index in [0.717, 1.165) is 0 Å². The summed E-state index contributed by atoms with van der Waals surface area (Å²) in [7, 11) is 0. The van der Waals surface area contributed by atoms with E-state index in [1.54, 1.807) is 18.2 Å². The monoisotopic (exact) mass is 536 g/mol. The lowest BCUT2D eigenvalue weighted by Gasteiger charge is -2.36. The average molecular weight is 537 g/mol. The molecule has 0 bridgehead atoms. The van der Waals surface area contributed by atoms with Gasteiger partial charge in [-0.15, -0.1) is 0 Å². The van der Waals surface area contributed by atoms with Crippen LogP contribution in [0.5, 0.6) is 0 Å². The number of rotatable bonds is 8. The highest BCUT2D eigenvalue weighted by atomic mass is 35.5. The lowest BCUT2D eigenvalue weighted by atomic mass is 9.64. The molecule has 1 aliphatic rings. The highest BCUT2D eigenvalue weighted by molar-refractivity contribution is 6.31. The fourth-order valence-corrected chi connectivity index (χ4v) is 5.19. The molecule has 1 saturated heterocycles. The van der Waals surface area contributed by atoms with Gasteiger partial charge in [0.2, 0.25) is 5.91 Å². The largest absolute Gasteiger partial charge is 0.394 e. The van der Waals surface area contributed by atoms with Crippen LogP contribution < -0.4 is 10.6 Å². The Kier molecular flexibility index (Phi) is 8.97. The number of pyridine rings is 1. The van der Waals surface area contributed by atoms with Crippen LogP contribution in [0.2, 0.25) is 10.0 Å². The van der Waals surface area contributed by atoms with E-state index >= 15 is 4.39 Å². The first-order chi connectivity index (χ1) is 16.9. The predicted octanol–water partition coefficient (Wildman–Crippen LogP) is 3.71. The SMILES string of the molecule is CC(C)(C)CC1NC(C(=O)NCC[C@H](O)CO)C(c2cccc(Cl)c2F)C1(C#N)c1ccc(Cl)cn1. The first-order valence-electron chi connectivity index (χ1n) is 11.7. The molecule has 36 heavy (non-hydrogen) atoms. The zero-order chi connectivity index (χ0) is 26.7. The number of halogens is 3. The number of aromatic nitrogens is 1. The van der Waals surface area contributed by atoms with Gasteiger partial charge in [-0.3, -0.25) is 9.78 Å². The fourth-order valence-electron chi connectivity index (χ4n) is 4.90. The van der Waals surface area contributed by atoms with Gasteiger partial charge in [0.05, 0.1) is 40.6 Å². The van der Waals surface area contributed by atoms with Crippen LogP contribution in [0, 0.1) is 22.6 Å². The number of aliphatic hydroxyl groups excluding tert-OH is 2. The molecule has 194 valence electrons. The molecule has 2 aromatic rings. The van der Waals surface area contributed by atoms with E-state index in [2.05, 4.69) is 21.7 Å². The smallest absolute Gasteiger partial charge is 0.237 e. The van der Waals surface area contributed by atoms with Crippen molar-refractivity contribution in [3.63, 3.8) is 0 Å². The van der Waals surface area contributed by atoms with Crippen molar-refractivity contribution in [2.45, 2.75) is 63.1 Å². The van der Waals surface area contributed by atoms with Crippen LogP contribution in [0.15, 0.2) is 36.5 Å². The molecule has 1 aromatic heterocycles. The molecule has 4 unspecified atom stereocenters. The molecule has 4 N–H and O–H groups in total. The standard InChI is InChI=1S/C26H31Cl2FN4O3/c1-25(2,3)11-20-26(14-30,19-8-7-15(27)12-32-19)21(17-5-4-6-18(28)22(17)29)23(33-20)24(36)31-10-9-16(35)13-34/h4-8,12,16,20-21,23,33-35H,9-11,13H2,1-3H3,(H,31,36)/t16-,20?,21?,23?,26?/m0/s1. The lowest BCUT2D eigenvalue weighted by molar-refractivity contribution is -0.123. The molecule has 1 aliphatic heterocycles. The van der Waals surface area contributed by atoms with Gasteiger partial charge in [-0.2, -0.15) is 5.26 Å². The number of hydrogen-bond acceptors (Lipinski definition) is 6. The van der Waals surface area contributed by atoms with Crippen molar-refractivity contribution < 1.29 is 19.4 Å². The summed E-state index contributed by atoms with van der Waals surface area (Å²) in [6.45, 7) is 5.72. The molecule has 10 heteroatoms. The molecule has 7 nitrogen and oxygen atoms in total. The van der Waals surface area contributed by atoms with Crippen LogP contribution in [-0.2, 0) is 10.2 Å². The number of aliphatic hydroxyl groups is 2. The third kappa shape index (κ3) is 5.82. The van der Waals surface area contributed by atoms with Crippen molar-refractivity contribution in [2.75, 3.05) is 13.2 Å². The molecule has 0 aliphatic carbocycles. The zero-order valence-electron chi connectivity index (χ0n) is 20.4. The summed E-state index contributed by atoms with van der Waals surface area (Å²) in [4.78, 5) is 17.9. The van der Waals surface area contributed by atoms with E-state index in [1.165, 1.54) is 18.3 Å². The fraction of sp³-hybridized carbons (Fsp3) is 0.500. The molecule has 5 atom stereocenters. The molecule has 1 aromatic carbocycles. The topological polar surface area (TPSA) is 118 Å². The van der Waals surface area contributed by atoms with Crippen LogP contribution >= 0.6 is 23.2 Å². The second-order valence-corrected chi connectivity index (χ2v) is 11.2. The Labute approximate surface area is 220 Å². The van der Waals surface area contributed by atoms with Crippen molar-refractivity contribution in [3.8, 4) is 6.07 Å². The highest BCUT2D eigenvalue weighted by Crippen LogP contribution is 2.51. The van der Waals surface area contributed by atoms with Crippen molar-refractivity contribution in [3.05, 3.63) is 63.6 Å². The lowest BCUT2D eigenvalue weighted by Crippen LogP contribution is -2.46. The van der Waals surface area contributed by atoms with Crippen LogP contribution in [0.1, 0.15) is 50.8 Å². The molecule has 0 spiro atoms. The summed E-state index contributed by atoms with van der Waals surface area (Å²) >= 11 is 12.2. The minimum absolute atomic E-state index is 0.0895. The molecule has 0 radical (unpaired) electrons. The van der Waals surface area contributed by atoms with E-state index in [-0.39, 0.29) is 29.0 Å². The molecule has 0 saturated carbocycles. The summed E-state index contributed by atoms with van der Waals surface area (Å²) in [5.41, 5.74) is -1.19. The Morgan fingerprint density at radius 3 is 2.64 bits per heavy atom. The van der Waals surface area contributed by atoms with Gasteiger partial charge in [0.15, 0.2) is 0 Å². The zero-order valence-corrected chi connectivity index (χ0v) is 21.9. The van der Waals surface area contributed by atoms with Crippen LogP contribution in [0.4, 0.5) is 4.39 Å². The van der Waals surface area contributed by atoms with E-state index in [9.17, 15) is 15.2 Å². The number of hydrogen-bond donors (Lipinski definition) is 4. The normalized spacial score (nSPS) is 24.8. The molecule has 1 amide bonds. The minimum Gasteiger partial charge on any atom is -0.394 e. The van der Waals surface area contributed by atoms with E-state index in [0.29, 0.717) is 17.1 Å². The van der Waals surface area contributed by atoms with Gasteiger partial charge in [0.1, 0.15) is 11.2 Å². The second-order valence-electron chi connectivity index (χ2n) is 10.3. The van der Waals surface area contributed by atoms with Crippen molar-refractivity contribution in [1.82, 2.24) is 15.6 Å². The van der Waals surface area contributed by atoms with Gasteiger partial charge in [-0.25, -0.2) is 4.39 Å². The maximum absolute atomic E-state index is 15.5. The molecule has 1 fully saturated rings. The minimum atomic E-state index is -1.43. The van der Waals surface area contributed by atoms with Gasteiger partial charge in [-0.1, -0.05) is 56.1 Å². The predicted molar refractivity (Wildman–Crippen MR) is 136 cm³/mol. The molecular weight excluding hydrogens is 506 g/mol. The van der Waals surface area contributed by atoms with Crippen molar-refractivity contribution in [2.24, 2.45) is 5.41 Å². The second kappa shape index (κ2) is 11.4. The van der Waals surface area contributed by atoms with Crippen LogP contribution in [-0.4, -0.2) is 52.4 Å². The number of nitrogens with one attached hydrogen (secondary N) is 2. The summed E-state index contributed by atoms with van der Waals surface area (Å²) in [5.74, 6) is -2.15. The maximum Gasteiger partial charge on any atom is 0.237 e. The Bertz CT molecular complexity index is 1120. The first kappa shape index (κ1) is 28.3. The third-order valence-corrected chi connectivity index (χ3v) is 7.01. The molecule has 3 rings (SSSR count). The number of carbonyl (C=O) groups is 1. The Morgan fingerprint density at radius 1 is 1.33 bits per heavy atom. The number of carbonyl (C=O) groups excluding carboxylic acids is 1. The third-order valence-electron chi connectivity index (χ3n) is 6.49. The van der Waals surface area contributed by atoms with Gasteiger partial charge in [0.25, 0.3) is 0 Å². The summed E-state index contributed by atoms with van der Waals surface area (Å²) in [6.07, 6.45) is 1.07. The number of amides is 1. The van der Waals surface area contributed by atoms with Crippen molar-refractivity contribution >= 4 is 29.1 Å². The molecule has 2 heterocycles. The first-order valence-corrected chi connectivity index (χ1v) is 12.5. The van der Waals surface area contributed by atoms with Crippen molar-refractivity contribution in [1.29, 1.82) is 5.26 Å². The summed E-state index contributed by atoms with van der Waals surface area (Å²) in [5, 5.41) is 35.8. The quantitative estimate of drug-likeness (QED) is 0.408. The van der Waals surface area contributed by atoms with Gasteiger partial charge < -0.3 is 20.8 Å². The maximum atomic E-state index is 15.5. The Morgan fingerprint density at radius 2 is 2.06 bits per heavy atom. The summed E-state index contributed by atoms with van der Waals surface area (Å²) in [6, 6.07) is 8.62. The number of benzene rings is 1. The van der Waals surface area contributed by atoms with Gasteiger partial charge >= 0.3 is 0 Å². The van der Waals surface area contributed by atoms with Gasteiger partial charge in [-0.05, 0) is 42.0 Å². The number of nitriles is 1. The van der Waals surface area contributed by atoms with E-state index < -0.39 is 47.9 Å². The summed E-state index contributed by atoms with van der Waals surface area (Å²) < 4.78 is 15.5. The van der Waals surface area contributed by atoms with Crippen LogP contribution in [0.25, 0.3) is 0 Å².